The number of carbonyl (C=O) groups excluding carboxylic acids is 2. The maximum Gasteiger partial charge on any atom is 0.321 e. The lowest BCUT2D eigenvalue weighted by atomic mass is 9.83. The summed E-state index contributed by atoms with van der Waals surface area (Å²) >= 11 is 0. The second-order valence-corrected chi connectivity index (χ2v) is 7.81. The van der Waals surface area contributed by atoms with E-state index in [1.807, 2.05) is 12.1 Å². The molecular formula is C21H26N6O2. The highest BCUT2D eigenvalue weighted by molar-refractivity contribution is 5.87. The molecule has 0 atom stereocenters. The fourth-order valence-electron chi connectivity index (χ4n) is 2.87. The number of carbonyl (C=O) groups is 2. The van der Waals surface area contributed by atoms with Gasteiger partial charge in [0.1, 0.15) is 12.9 Å². The van der Waals surface area contributed by atoms with Crippen molar-refractivity contribution in [2.75, 3.05) is 26.0 Å². The van der Waals surface area contributed by atoms with Gasteiger partial charge in [-0.15, -0.1) is 5.10 Å². The number of aromatic nitrogens is 3. The van der Waals surface area contributed by atoms with E-state index in [9.17, 15) is 9.59 Å². The quantitative estimate of drug-likeness (QED) is 0.672. The summed E-state index contributed by atoms with van der Waals surface area (Å²) < 4.78 is 1.39. The summed E-state index contributed by atoms with van der Waals surface area (Å²) in [4.78, 5) is 29.4. The molecule has 3 amide bonds. The van der Waals surface area contributed by atoms with Gasteiger partial charge in [0, 0.05) is 26.1 Å². The molecule has 0 saturated carbocycles. The minimum atomic E-state index is -0.393. The van der Waals surface area contributed by atoms with E-state index in [1.165, 1.54) is 26.7 Å². The highest BCUT2D eigenvalue weighted by atomic mass is 16.2. The van der Waals surface area contributed by atoms with Crippen molar-refractivity contribution < 1.29 is 9.59 Å². The lowest BCUT2D eigenvalue weighted by Gasteiger charge is -2.26. The molecule has 0 aliphatic carbocycles. The van der Waals surface area contributed by atoms with Gasteiger partial charge in [0.15, 0.2) is 0 Å². The van der Waals surface area contributed by atoms with Crippen LogP contribution >= 0.6 is 0 Å². The Balaban J connectivity index is 1.58. The van der Waals surface area contributed by atoms with Crippen LogP contribution in [-0.4, -0.2) is 52.2 Å². The van der Waals surface area contributed by atoms with Crippen LogP contribution in [0.4, 0.5) is 10.7 Å². The van der Waals surface area contributed by atoms with E-state index in [0.717, 1.165) is 5.56 Å². The molecule has 0 saturated heterocycles. The van der Waals surface area contributed by atoms with Crippen molar-refractivity contribution in [1.82, 2.24) is 25.0 Å². The largest absolute Gasteiger partial charge is 0.347 e. The molecule has 0 radical (unpaired) electrons. The number of rotatable bonds is 6. The Morgan fingerprint density at radius 2 is 1.83 bits per heavy atom. The van der Waals surface area contributed by atoms with Gasteiger partial charge in [-0.25, -0.2) is 14.5 Å². The first kappa shape index (κ1) is 20.3. The van der Waals surface area contributed by atoms with E-state index in [-0.39, 0.29) is 23.8 Å². The molecule has 0 unspecified atom stereocenters. The molecule has 3 aromatic rings. The fourth-order valence-corrected chi connectivity index (χ4v) is 2.87. The second kappa shape index (κ2) is 8.30. The molecule has 0 aliphatic rings. The van der Waals surface area contributed by atoms with E-state index < -0.39 is 6.03 Å². The van der Waals surface area contributed by atoms with Crippen LogP contribution in [0.25, 0.3) is 10.8 Å². The number of fused-ring (bicyclic) bond motifs is 1. The van der Waals surface area contributed by atoms with Gasteiger partial charge in [-0.1, -0.05) is 56.3 Å². The molecule has 8 heteroatoms. The third kappa shape index (κ3) is 5.10. The molecule has 0 aliphatic heterocycles. The molecule has 8 nitrogen and oxygen atoms in total. The number of hydrogen-bond donors (Lipinski definition) is 2. The zero-order chi connectivity index (χ0) is 21.0. The van der Waals surface area contributed by atoms with Crippen LogP contribution in [0.5, 0.6) is 0 Å². The van der Waals surface area contributed by atoms with E-state index in [1.54, 1.807) is 14.1 Å². The van der Waals surface area contributed by atoms with E-state index in [4.69, 9.17) is 0 Å². The first-order valence-electron chi connectivity index (χ1n) is 9.38. The van der Waals surface area contributed by atoms with Gasteiger partial charge < -0.3 is 10.2 Å². The summed E-state index contributed by atoms with van der Waals surface area (Å²) in [5.41, 5.74) is 0.882. The first-order valence-corrected chi connectivity index (χ1v) is 9.38. The van der Waals surface area contributed by atoms with Crippen molar-refractivity contribution in [3.63, 3.8) is 0 Å². The number of anilines is 1. The van der Waals surface area contributed by atoms with Gasteiger partial charge in [-0.3, -0.25) is 10.1 Å². The van der Waals surface area contributed by atoms with Crippen molar-refractivity contribution in [3.8, 4) is 0 Å². The molecule has 152 valence electrons. The number of likely N-dealkylation sites (N-methyl/N-ethyl adjacent to an activating group) is 1. The monoisotopic (exact) mass is 394 g/mol. The summed E-state index contributed by atoms with van der Waals surface area (Å²) in [6.07, 6.45) is 1.41. The van der Waals surface area contributed by atoms with Gasteiger partial charge in [-0.05, 0) is 16.3 Å². The summed E-state index contributed by atoms with van der Waals surface area (Å²) in [6, 6.07) is 14.1. The smallest absolute Gasteiger partial charge is 0.321 e. The van der Waals surface area contributed by atoms with Crippen molar-refractivity contribution in [1.29, 1.82) is 0 Å². The second-order valence-electron chi connectivity index (χ2n) is 7.81. The van der Waals surface area contributed by atoms with Crippen molar-refractivity contribution in [2.24, 2.45) is 0 Å². The van der Waals surface area contributed by atoms with Gasteiger partial charge in [0.2, 0.25) is 11.9 Å². The Hall–Kier alpha value is -3.42. The number of benzene rings is 2. The van der Waals surface area contributed by atoms with Gasteiger partial charge in [0.05, 0.1) is 0 Å². The average molecular weight is 394 g/mol. The Labute approximate surface area is 169 Å². The molecule has 0 bridgehead atoms. The number of nitrogens with zero attached hydrogens (tertiary/aromatic N) is 4. The van der Waals surface area contributed by atoms with E-state index in [0.29, 0.717) is 6.54 Å². The van der Waals surface area contributed by atoms with Crippen molar-refractivity contribution >= 4 is 28.7 Å². The minimum Gasteiger partial charge on any atom is -0.347 e. The fraction of sp³-hybridized carbons (Fsp3) is 0.333. The molecule has 2 N–H and O–H groups in total. The Bertz CT molecular complexity index is 1020. The first-order chi connectivity index (χ1) is 13.7. The maximum atomic E-state index is 12.3. The van der Waals surface area contributed by atoms with Crippen LogP contribution in [0, 0.1) is 0 Å². The average Bonchev–Trinajstić information content (AvgIpc) is 3.12. The van der Waals surface area contributed by atoms with Crippen LogP contribution in [0.2, 0.25) is 0 Å². The SMILES string of the molecule is CN(C)C(=O)Cn1cnc(NC(=O)NCC(C)(C)c2ccc3ccccc3c2)n1. The molecule has 1 heterocycles. The minimum absolute atomic E-state index is 0.0678. The predicted octanol–water partition coefficient (Wildman–Crippen LogP) is 2.62. The molecule has 0 spiro atoms. The van der Waals surface area contributed by atoms with Crippen LogP contribution < -0.4 is 10.6 Å². The summed E-state index contributed by atoms with van der Waals surface area (Å²) in [7, 11) is 3.34. The van der Waals surface area contributed by atoms with Crippen LogP contribution in [0.15, 0.2) is 48.8 Å². The molecular weight excluding hydrogens is 368 g/mol. The van der Waals surface area contributed by atoms with Gasteiger partial charge >= 0.3 is 6.03 Å². The molecule has 29 heavy (non-hydrogen) atoms. The van der Waals surface area contributed by atoms with Crippen LogP contribution in [0.1, 0.15) is 19.4 Å². The standard InChI is InChI=1S/C21H26N6O2/c1-21(2,17-10-9-15-7-5-6-8-16(15)11-17)13-22-20(29)24-19-23-14-27(25-19)12-18(28)26(3)4/h5-11,14H,12-13H2,1-4H3,(H2,22,24,25,29). The molecule has 3 rings (SSSR count). The highest BCUT2D eigenvalue weighted by Gasteiger charge is 2.22. The lowest BCUT2D eigenvalue weighted by Crippen LogP contribution is -2.39. The summed E-state index contributed by atoms with van der Waals surface area (Å²) in [6.45, 7) is 4.67. The number of nitrogens with one attached hydrogen (secondary N) is 2. The number of amides is 3. The topological polar surface area (TPSA) is 92.2 Å². The third-order valence-corrected chi connectivity index (χ3v) is 4.78. The van der Waals surface area contributed by atoms with E-state index >= 15 is 0 Å². The van der Waals surface area contributed by atoms with E-state index in [2.05, 4.69) is 64.9 Å². The molecule has 2 aromatic carbocycles. The highest BCUT2D eigenvalue weighted by Crippen LogP contribution is 2.26. The van der Waals surface area contributed by atoms with Crippen LogP contribution in [0.3, 0.4) is 0 Å². The zero-order valence-corrected chi connectivity index (χ0v) is 17.1. The Morgan fingerprint density at radius 1 is 1.10 bits per heavy atom. The third-order valence-electron chi connectivity index (χ3n) is 4.78. The lowest BCUT2D eigenvalue weighted by molar-refractivity contribution is -0.129. The summed E-state index contributed by atoms with van der Waals surface area (Å²) in [5, 5.41) is 11.9. The molecule has 1 aromatic heterocycles. The van der Waals surface area contributed by atoms with Gasteiger partial charge in [0.25, 0.3) is 0 Å². The number of hydrogen-bond acceptors (Lipinski definition) is 4. The van der Waals surface area contributed by atoms with Crippen molar-refractivity contribution in [2.45, 2.75) is 25.8 Å². The van der Waals surface area contributed by atoms with Crippen LogP contribution in [-0.2, 0) is 16.8 Å². The predicted molar refractivity (Wildman–Crippen MR) is 113 cm³/mol. The Kier molecular flexibility index (Phi) is 5.81. The maximum absolute atomic E-state index is 12.3. The summed E-state index contributed by atoms with van der Waals surface area (Å²) in [5.74, 6) is 0.0422. The van der Waals surface area contributed by atoms with Gasteiger partial charge in [-0.2, -0.15) is 0 Å². The Morgan fingerprint density at radius 3 is 2.55 bits per heavy atom. The number of urea groups is 1. The normalized spacial score (nSPS) is 11.3. The van der Waals surface area contributed by atoms with Crippen molar-refractivity contribution in [3.05, 3.63) is 54.4 Å². The zero-order valence-electron chi connectivity index (χ0n) is 17.1. The molecule has 0 fully saturated rings.